The first-order valence-corrected chi connectivity index (χ1v) is 7.33. The molecule has 1 unspecified atom stereocenters. The van der Waals surface area contributed by atoms with Crippen LogP contribution in [0.1, 0.15) is 46.5 Å². The molecule has 1 fully saturated rings. The van der Waals surface area contributed by atoms with Crippen molar-refractivity contribution in [3.05, 3.63) is 0 Å². The second-order valence-corrected chi connectivity index (χ2v) is 5.77. The Morgan fingerprint density at radius 3 is 2.31 bits per heavy atom. The number of quaternary nitrogens is 2. The number of likely N-dealkylation sites (N-methyl/N-ethyl adjacent to an activating group) is 2. The summed E-state index contributed by atoms with van der Waals surface area (Å²) in [5.41, 5.74) is 0. The summed E-state index contributed by atoms with van der Waals surface area (Å²) in [5.74, 6) is 0.967. The second-order valence-electron chi connectivity index (χ2n) is 5.77. The standard InChI is InChI=1S/C14H30N2/c1-5-16(6-2)11-10-15(4)14-9-7-8-13(3)12-14/h13-14H,5-12H2,1-4H3/p+2/t13-,14-/m0/s1. The Hall–Kier alpha value is -0.0800. The molecule has 0 heterocycles. The van der Waals surface area contributed by atoms with Crippen molar-refractivity contribution in [1.82, 2.24) is 0 Å². The summed E-state index contributed by atoms with van der Waals surface area (Å²) in [7, 11) is 2.41. The number of nitrogens with one attached hydrogen (secondary N) is 2. The Bertz CT molecular complexity index is 178. The molecule has 0 aromatic rings. The highest BCUT2D eigenvalue weighted by Gasteiger charge is 2.25. The molecule has 0 saturated heterocycles. The van der Waals surface area contributed by atoms with Crippen LogP contribution >= 0.6 is 0 Å². The summed E-state index contributed by atoms with van der Waals surface area (Å²) >= 11 is 0. The Labute approximate surface area is 102 Å². The normalized spacial score (nSPS) is 28.3. The predicted octanol–water partition coefficient (Wildman–Crippen LogP) is 0.00450. The van der Waals surface area contributed by atoms with Crippen molar-refractivity contribution >= 4 is 0 Å². The fourth-order valence-corrected chi connectivity index (χ4v) is 3.06. The summed E-state index contributed by atoms with van der Waals surface area (Å²) < 4.78 is 0. The van der Waals surface area contributed by atoms with E-state index >= 15 is 0 Å². The van der Waals surface area contributed by atoms with Gasteiger partial charge in [-0.15, -0.1) is 0 Å². The summed E-state index contributed by atoms with van der Waals surface area (Å²) in [5, 5.41) is 0. The maximum absolute atomic E-state index is 2.43. The van der Waals surface area contributed by atoms with Gasteiger partial charge in [-0.05, 0) is 32.6 Å². The van der Waals surface area contributed by atoms with Gasteiger partial charge in [0.25, 0.3) is 0 Å². The van der Waals surface area contributed by atoms with Crippen LogP contribution in [0.15, 0.2) is 0 Å². The van der Waals surface area contributed by atoms with Gasteiger partial charge < -0.3 is 9.80 Å². The maximum Gasteiger partial charge on any atom is 0.127 e. The van der Waals surface area contributed by atoms with E-state index in [1.807, 2.05) is 0 Å². The maximum atomic E-state index is 2.43. The molecule has 16 heavy (non-hydrogen) atoms. The molecule has 1 rings (SSSR count). The summed E-state index contributed by atoms with van der Waals surface area (Å²) in [6.45, 7) is 12.3. The van der Waals surface area contributed by atoms with Crippen molar-refractivity contribution in [1.29, 1.82) is 0 Å². The van der Waals surface area contributed by atoms with Crippen LogP contribution in [0.25, 0.3) is 0 Å². The van der Waals surface area contributed by atoms with Gasteiger partial charge >= 0.3 is 0 Å². The molecular weight excluding hydrogens is 196 g/mol. The van der Waals surface area contributed by atoms with E-state index in [9.17, 15) is 0 Å². The van der Waals surface area contributed by atoms with E-state index in [1.54, 1.807) is 9.80 Å². The van der Waals surface area contributed by atoms with Crippen LogP contribution in [-0.4, -0.2) is 39.3 Å². The molecule has 1 saturated carbocycles. The molecule has 2 heteroatoms. The molecule has 0 aliphatic heterocycles. The third-order valence-electron chi connectivity index (χ3n) is 4.51. The van der Waals surface area contributed by atoms with Crippen LogP contribution in [0.2, 0.25) is 0 Å². The topological polar surface area (TPSA) is 8.88 Å². The second kappa shape index (κ2) is 7.29. The van der Waals surface area contributed by atoms with Gasteiger partial charge in [0.2, 0.25) is 0 Å². The molecule has 96 valence electrons. The highest BCUT2D eigenvalue weighted by atomic mass is 15.2. The van der Waals surface area contributed by atoms with Crippen molar-refractivity contribution in [2.75, 3.05) is 33.2 Å². The monoisotopic (exact) mass is 228 g/mol. The minimum atomic E-state index is 0.943. The SMILES string of the molecule is CC[NH+](CC)CC[NH+](C)[C@H]1CCC[C@H](C)C1. The van der Waals surface area contributed by atoms with Gasteiger partial charge in [-0.3, -0.25) is 0 Å². The fourth-order valence-electron chi connectivity index (χ4n) is 3.06. The van der Waals surface area contributed by atoms with Crippen molar-refractivity contribution in [2.24, 2.45) is 5.92 Å². The van der Waals surface area contributed by atoms with Gasteiger partial charge in [-0.25, -0.2) is 0 Å². The van der Waals surface area contributed by atoms with Crippen LogP contribution in [0.4, 0.5) is 0 Å². The molecular formula is C14H32N2+2. The molecule has 3 atom stereocenters. The Morgan fingerprint density at radius 1 is 1.06 bits per heavy atom. The largest absolute Gasteiger partial charge is 0.331 e. The Morgan fingerprint density at radius 2 is 1.75 bits per heavy atom. The number of rotatable bonds is 6. The Balaban J connectivity index is 2.25. The van der Waals surface area contributed by atoms with E-state index in [2.05, 4.69) is 27.8 Å². The molecule has 0 aromatic heterocycles. The summed E-state index contributed by atoms with van der Waals surface area (Å²) in [4.78, 5) is 3.54. The lowest BCUT2D eigenvalue weighted by molar-refractivity contribution is -0.959. The van der Waals surface area contributed by atoms with E-state index in [0.717, 1.165) is 12.0 Å². The zero-order valence-electron chi connectivity index (χ0n) is 11.8. The highest BCUT2D eigenvalue weighted by Crippen LogP contribution is 2.21. The van der Waals surface area contributed by atoms with Crippen molar-refractivity contribution in [3.8, 4) is 0 Å². The van der Waals surface area contributed by atoms with Crippen LogP contribution in [0.5, 0.6) is 0 Å². The smallest absolute Gasteiger partial charge is 0.127 e. The van der Waals surface area contributed by atoms with Crippen LogP contribution in [0.3, 0.4) is 0 Å². The molecule has 0 bridgehead atoms. The highest BCUT2D eigenvalue weighted by molar-refractivity contribution is 4.68. The lowest BCUT2D eigenvalue weighted by Gasteiger charge is -2.31. The average Bonchev–Trinajstić information content (AvgIpc) is 2.30. The third-order valence-corrected chi connectivity index (χ3v) is 4.51. The molecule has 0 aromatic carbocycles. The first kappa shape index (κ1) is 14.0. The summed E-state index contributed by atoms with van der Waals surface area (Å²) in [6.07, 6.45) is 5.84. The van der Waals surface area contributed by atoms with Crippen LogP contribution in [0, 0.1) is 5.92 Å². The molecule has 1 aliphatic carbocycles. The predicted molar refractivity (Wildman–Crippen MR) is 70.1 cm³/mol. The molecule has 2 nitrogen and oxygen atoms in total. The number of hydrogen-bond donors (Lipinski definition) is 2. The van der Waals surface area contributed by atoms with E-state index in [-0.39, 0.29) is 0 Å². The van der Waals surface area contributed by atoms with Crippen molar-refractivity contribution < 1.29 is 9.80 Å². The third kappa shape index (κ3) is 4.42. The molecule has 0 radical (unpaired) electrons. The van der Waals surface area contributed by atoms with Crippen molar-refractivity contribution in [2.45, 2.75) is 52.5 Å². The number of hydrogen-bond acceptors (Lipinski definition) is 0. The Kier molecular flexibility index (Phi) is 6.37. The van der Waals surface area contributed by atoms with E-state index < -0.39 is 0 Å². The summed E-state index contributed by atoms with van der Waals surface area (Å²) in [6, 6.07) is 0.943. The molecule has 0 spiro atoms. The first-order chi connectivity index (χ1) is 7.67. The average molecular weight is 228 g/mol. The van der Waals surface area contributed by atoms with Gasteiger partial charge in [0.05, 0.1) is 26.2 Å². The van der Waals surface area contributed by atoms with Gasteiger partial charge in [0, 0.05) is 6.42 Å². The zero-order chi connectivity index (χ0) is 12.0. The molecule has 0 amide bonds. The van der Waals surface area contributed by atoms with Gasteiger partial charge in [0.15, 0.2) is 0 Å². The quantitative estimate of drug-likeness (QED) is 0.633. The molecule has 2 N–H and O–H groups in total. The fraction of sp³-hybridized carbons (Fsp3) is 1.00. The van der Waals surface area contributed by atoms with Gasteiger partial charge in [-0.2, -0.15) is 0 Å². The lowest BCUT2D eigenvalue weighted by atomic mass is 9.86. The molecule has 1 aliphatic rings. The minimum absolute atomic E-state index is 0.943. The first-order valence-electron chi connectivity index (χ1n) is 7.33. The zero-order valence-corrected chi connectivity index (χ0v) is 11.8. The van der Waals surface area contributed by atoms with E-state index in [1.165, 1.54) is 51.9 Å². The van der Waals surface area contributed by atoms with Crippen LogP contribution < -0.4 is 9.80 Å². The minimum Gasteiger partial charge on any atom is -0.331 e. The van der Waals surface area contributed by atoms with Crippen molar-refractivity contribution in [3.63, 3.8) is 0 Å². The van der Waals surface area contributed by atoms with E-state index in [0.29, 0.717) is 0 Å². The van der Waals surface area contributed by atoms with Gasteiger partial charge in [-0.1, -0.05) is 13.3 Å². The van der Waals surface area contributed by atoms with E-state index in [4.69, 9.17) is 0 Å². The van der Waals surface area contributed by atoms with Crippen LogP contribution in [-0.2, 0) is 0 Å². The lowest BCUT2D eigenvalue weighted by Crippen LogP contribution is -3.20. The van der Waals surface area contributed by atoms with Gasteiger partial charge in [0.1, 0.15) is 13.1 Å².